The van der Waals surface area contributed by atoms with Gasteiger partial charge in [0.2, 0.25) is 0 Å². The second-order valence-electron chi connectivity index (χ2n) is 5.16. The number of hydrazine groups is 1. The molecule has 0 radical (unpaired) electrons. The molecule has 1 amide bonds. The zero-order chi connectivity index (χ0) is 18.0. The van der Waals surface area contributed by atoms with Gasteiger partial charge in [0.25, 0.3) is 5.91 Å². The third-order valence-electron chi connectivity index (χ3n) is 3.69. The molecule has 0 fully saturated rings. The van der Waals surface area contributed by atoms with Crippen LogP contribution in [-0.2, 0) is 4.74 Å². The molecule has 25 heavy (non-hydrogen) atoms. The highest BCUT2D eigenvalue weighted by Crippen LogP contribution is 2.40. The zero-order valence-corrected chi connectivity index (χ0v) is 14.2. The predicted molar refractivity (Wildman–Crippen MR) is 89.8 cm³/mol. The van der Waals surface area contributed by atoms with Crippen LogP contribution in [0.25, 0.3) is 0 Å². The van der Waals surface area contributed by atoms with Gasteiger partial charge in [0, 0.05) is 16.1 Å². The number of methoxy groups -OCH3 is 2. The minimum atomic E-state index is -0.842. The van der Waals surface area contributed by atoms with Gasteiger partial charge >= 0.3 is 5.97 Å². The molecule has 2 aromatic carbocycles. The van der Waals surface area contributed by atoms with Gasteiger partial charge in [-0.2, -0.15) is 5.43 Å². The van der Waals surface area contributed by atoms with Gasteiger partial charge in [0.05, 0.1) is 14.2 Å². The first-order valence-electron chi connectivity index (χ1n) is 7.32. The summed E-state index contributed by atoms with van der Waals surface area (Å²) in [7, 11) is 2.92. The van der Waals surface area contributed by atoms with E-state index in [0.717, 1.165) is 0 Å². The molecule has 3 rings (SSSR count). The fraction of sp³-hybridized carbons (Fsp3) is 0.176. The molecule has 1 atom stereocenters. The quantitative estimate of drug-likeness (QED) is 0.627. The summed E-state index contributed by atoms with van der Waals surface area (Å²) in [6.07, 6.45) is -0.842. The lowest BCUT2D eigenvalue weighted by atomic mass is 10.1. The van der Waals surface area contributed by atoms with Crippen LogP contribution in [0.5, 0.6) is 11.5 Å². The molecule has 0 saturated carbocycles. The second kappa shape index (κ2) is 7.00. The van der Waals surface area contributed by atoms with Gasteiger partial charge in [-0.1, -0.05) is 17.7 Å². The summed E-state index contributed by atoms with van der Waals surface area (Å²) in [5.74, 6) is -0.273. The highest BCUT2D eigenvalue weighted by atomic mass is 35.5. The number of amides is 1. The normalized spacial score (nSPS) is 15.3. The monoisotopic (exact) mass is 362 g/mol. The van der Waals surface area contributed by atoms with Gasteiger partial charge in [0.15, 0.2) is 17.7 Å². The van der Waals surface area contributed by atoms with E-state index in [-0.39, 0.29) is 11.3 Å². The van der Waals surface area contributed by atoms with Crippen LogP contribution in [0, 0.1) is 0 Å². The fourth-order valence-electron chi connectivity index (χ4n) is 2.54. The molecular weight excluding hydrogens is 348 g/mol. The van der Waals surface area contributed by atoms with Gasteiger partial charge in [-0.05, 0) is 30.3 Å². The number of halogens is 1. The summed E-state index contributed by atoms with van der Waals surface area (Å²) in [5.41, 5.74) is 6.36. The lowest BCUT2D eigenvalue weighted by molar-refractivity contribution is 0.0260. The summed E-state index contributed by atoms with van der Waals surface area (Å²) < 4.78 is 15.7. The third-order valence-corrected chi connectivity index (χ3v) is 3.93. The van der Waals surface area contributed by atoms with E-state index in [4.69, 9.17) is 25.8 Å². The van der Waals surface area contributed by atoms with Crippen LogP contribution in [0.1, 0.15) is 32.5 Å². The largest absolute Gasteiger partial charge is 0.493 e. The van der Waals surface area contributed by atoms with E-state index in [2.05, 4.69) is 10.9 Å². The van der Waals surface area contributed by atoms with E-state index in [1.807, 2.05) is 0 Å². The molecule has 1 aliphatic heterocycles. The molecule has 2 N–H and O–H groups in total. The van der Waals surface area contributed by atoms with Crippen LogP contribution < -0.4 is 20.3 Å². The molecule has 0 aliphatic carbocycles. The Hall–Kier alpha value is -2.77. The molecule has 8 heteroatoms. The van der Waals surface area contributed by atoms with E-state index in [9.17, 15) is 9.59 Å². The first-order chi connectivity index (χ1) is 12.0. The Morgan fingerprint density at radius 1 is 1.20 bits per heavy atom. The number of carbonyl (C=O) groups excluding carboxylic acids is 2. The molecule has 1 unspecified atom stereocenters. The Kier molecular flexibility index (Phi) is 4.78. The standard InChI is InChI=1S/C17H15ClN2O5/c1-23-12-7-6-11-13(14(12)24-2)17(22)25-16(11)20-19-15(21)9-4-3-5-10(18)8-9/h3-8,16,20H,1-2H3,(H,19,21). The van der Waals surface area contributed by atoms with Crippen LogP contribution in [0.4, 0.5) is 0 Å². The summed E-state index contributed by atoms with van der Waals surface area (Å²) in [6, 6.07) is 9.81. The summed E-state index contributed by atoms with van der Waals surface area (Å²) in [5, 5.41) is 0.446. The Balaban J connectivity index is 1.78. The molecule has 0 spiro atoms. The van der Waals surface area contributed by atoms with Crippen molar-refractivity contribution in [3.05, 3.63) is 58.1 Å². The Bertz CT molecular complexity index is 840. The summed E-state index contributed by atoms with van der Waals surface area (Å²) >= 11 is 5.87. The summed E-state index contributed by atoms with van der Waals surface area (Å²) in [6.45, 7) is 0. The average Bonchev–Trinajstić information content (AvgIpc) is 2.94. The van der Waals surface area contributed by atoms with Gasteiger partial charge in [-0.3, -0.25) is 10.2 Å². The zero-order valence-electron chi connectivity index (χ0n) is 13.5. The van der Waals surface area contributed by atoms with Crippen LogP contribution in [0.15, 0.2) is 36.4 Å². The molecule has 0 saturated heterocycles. The van der Waals surface area contributed by atoms with E-state index in [0.29, 0.717) is 21.9 Å². The van der Waals surface area contributed by atoms with E-state index >= 15 is 0 Å². The highest BCUT2D eigenvalue weighted by Gasteiger charge is 2.36. The van der Waals surface area contributed by atoms with E-state index in [1.165, 1.54) is 20.3 Å². The number of nitrogens with one attached hydrogen (secondary N) is 2. The van der Waals surface area contributed by atoms with Crippen LogP contribution in [0.2, 0.25) is 5.02 Å². The van der Waals surface area contributed by atoms with E-state index < -0.39 is 18.1 Å². The molecule has 130 valence electrons. The Labute approximate surface area is 148 Å². The molecule has 1 heterocycles. The average molecular weight is 363 g/mol. The first-order valence-corrected chi connectivity index (χ1v) is 7.70. The number of hydrogen-bond acceptors (Lipinski definition) is 6. The van der Waals surface area contributed by atoms with Crippen molar-refractivity contribution in [3.63, 3.8) is 0 Å². The van der Waals surface area contributed by atoms with Crippen LogP contribution in [-0.4, -0.2) is 26.1 Å². The van der Waals surface area contributed by atoms with Crippen molar-refractivity contribution in [2.75, 3.05) is 14.2 Å². The number of rotatable bonds is 5. The topological polar surface area (TPSA) is 85.9 Å². The number of ether oxygens (including phenoxy) is 3. The Morgan fingerprint density at radius 2 is 2.00 bits per heavy atom. The van der Waals surface area contributed by atoms with Crippen molar-refractivity contribution in [2.45, 2.75) is 6.23 Å². The van der Waals surface area contributed by atoms with Gasteiger partial charge in [-0.15, -0.1) is 0 Å². The minimum absolute atomic E-state index is 0.261. The molecular formula is C17H15ClN2O5. The van der Waals surface area contributed by atoms with Gasteiger partial charge < -0.3 is 14.2 Å². The number of hydrogen-bond donors (Lipinski definition) is 2. The van der Waals surface area contributed by atoms with E-state index in [1.54, 1.807) is 30.3 Å². The molecule has 2 aromatic rings. The van der Waals surface area contributed by atoms with Crippen molar-refractivity contribution >= 4 is 23.5 Å². The number of benzene rings is 2. The highest BCUT2D eigenvalue weighted by molar-refractivity contribution is 6.30. The smallest absolute Gasteiger partial charge is 0.344 e. The lowest BCUT2D eigenvalue weighted by Gasteiger charge is -2.14. The van der Waals surface area contributed by atoms with Crippen molar-refractivity contribution < 1.29 is 23.8 Å². The minimum Gasteiger partial charge on any atom is -0.493 e. The first kappa shape index (κ1) is 17.1. The predicted octanol–water partition coefficient (Wildman–Crippen LogP) is 2.46. The van der Waals surface area contributed by atoms with Crippen molar-refractivity contribution in [2.24, 2.45) is 0 Å². The van der Waals surface area contributed by atoms with Crippen LogP contribution in [0.3, 0.4) is 0 Å². The number of esters is 1. The lowest BCUT2D eigenvalue weighted by Crippen LogP contribution is -2.40. The van der Waals surface area contributed by atoms with Gasteiger partial charge in [0.1, 0.15) is 5.56 Å². The maximum Gasteiger partial charge on any atom is 0.344 e. The summed E-state index contributed by atoms with van der Waals surface area (Å²) in [4.78, 5) is 24.3. The molecule has 0 aromatic heterocycles. The number of carbonyl (C=O) groups is 2. The van der Waals surface area contributed by atoms with Crippen LogP contribution >= 0.6 is 11.6 Å². The number of cyclic esters (lactones) is 1. The molecule has 0 bridgehead atoms. The SMILES string of the molecule is COc1ccc2c(c1OC)C(=O)OC2NNC(=O)c1cccc(Cl)c1. The van der Waals surface area contributed by atoms with Gasteiger partial charge in [-0.25, -0.2) is 4.79 Å². The number of fused-ring (bicyclic) bond motifs is 1. The Morgan fingerprint density at radius 3 is 2.68 bits per heavy atom. The molecule has 1 aliphatic rings. The molecule has 7 nitrogen and oxygen atoms in total. The maximum absolute atomic E-state index is 12.2. The maximum atomic E-state index is 12.2. The van der Waals surface area contributed by atoms with Crippen molar-refractivity contribution in [1.82, 2.24) is 10.9 Å². The third kappa shape index (κ3) is 3.24. The fourth-order valence-corrected chi connectivity index (χ4v) is 2.73. The van der Waals surface area contributed by atoms with Crippen molar-refractivity contribution in [1.29, 1.82) is 0 Å². The second-order valence-corrected chi connectivity index (χ2v) is 5.60. The van der Waals surface area contributed by atoms with Crippen molar-refractivity contribution in [3.8, 4) is 11.5 Å².